The fourth-order valence-electron chi connectivity index (χ4n) is 4.42. The minimum Gasteiger partial charge on any atom is -0.335 e. The van der Waals surface area contributed by atoms with E-state index in [1.807, 2.05) is 0 Å². The lowest BCUT2D eigenvalue weighted by Gasteiger charge is -2.33. The maximum atomic E-state index is 13.0. The molecule has 0 saturated heterocycles. The Labute approximate surface area is 169 Å². The summed E-state index contributed by atoms with van der Waals surface area (Å²) in [6, 6.07) is 17.1. The average molecular weight is 379 g/mol. The number of hydrogen-bond acceptors (Lipinski definition) is 1. The van der Waals surface area contributed by atoms with Crippen LogP contribution in [0.5, 0.6) is 0 Å². The smallest absolute Gasteiger partial charge is 0.319 e. The Bertz CT molecular complexity index is 756. The van der Waals surface area contributed by atoms with Crippen molar-refractivity contribution in [1.29, 1.82) is 0 Å². The van der Waals surface area contributed by atoms with Crippen LogP contribution in [0.1, 0.15) is 87.8 Å². The molecule has 0 spiro atoms. The zero-order chi connectivity index (χ0) is 20.1. The summed E-state index contributed by atoms with van der Waals surface area (Å²) in [5.74, 6) is 1.12. The van der Waals surface area contributed by atoms with Crippen LogP contribution in [0.4, 0.5) is 10.5 Å². The van der Waals surface area contributed by atoms with Crippen LogP contribution in [-0.4, -0.2) is 12.1 Å². The highest BCUT2D eigenvalue weighted by Crippen LogP contribution is 2.34. The van der Waals surface area contributed by atoms with Crippen molar-refractivity contribution in [2.75, 3.05) is 5.32 Å². The molecule has 3 nitrogen and oxygen atoms in total. The first kappa shape index (κ1) is 20.4. The van der Waals surface area contributed by atoms with Crippen LogP contribution in [0.25, 0.3) is 0 Å². The lowest BCUT2D eigenvalue weighted by molar-refractivity contribution is 0.240. The molecule has 2 atom stereocenters. The standard InChI is InChI=1S/C25H34N2O/c1-17(2)20-14-10-15-21(18(3)4)24(20)27-25(28)26-23-16-9-8-13-22(23)19-11-6-5-7-12-19/h5-7,10-12,14-15,17-18,22-23H,8-9,13,16H2,1-4H3,(H2,26,27,28). The van der Waals surface area contributed by atoms with E-state index in [4.69, 9.17) is 0 Å². The SMILES string of the molecule is CC(C)c1cccc(C(C)C)c1NC(=O)NC1CCCCC1c1ccccc1. The van der Waals surface area contributed by atoms with Crippen molar-refractivity contribution in [3.8, 4) is 0 Å². The maximum absolute atomic E-state index is 13.0. The zero-order valence-electron chi connectivity index (χ0n) is 17.7. The molecule has 1 fully saturated rings. The molecule has 2 unspecified atom stereocenters. The van der Waals surface area contributed by atoms with E-state index in [9.17, 15) is 4.79 Å². The highest BCUT2D eigenvalue weighted by atomic mass is 16.2. The van der Waals surface area contributed by atoms with Crippen molar-refractivity contribution < 1.29 is 4.79 Å². The number of nitrogens with one attached hydrogen (secondary N) is 2. The molecule has 1 aliphatic rings. The van der Waals surface area contributed by atoms with E-state index < -0.39 is 0 Å². The van der Waals surface area contributed by atoms with Gasteiger partial charge in [-0.1, -0.05) is 89.1 Å². The van der Waals surface area contributed by atoms with Gasteiger partial charge in [0.25, 0.3) is 0 Å². The van der Waals surface area contributed by atoms with Gasteiger partial charge in [0.05, 0.1) is 0 Å². The largest absolute Gasteiger partial charge is 0.335 e. The summed E-state index contributed by atoms with van der Waals surface area (Å²) in [4.78, 5) is 13.0. The van der Waals surface area contributed by atoms with Gasteiger partial charge < -0.3 is 10.6 Å². The van der Waals surface area contributed by atoms with E-state index >= 15 is 0 Å². The Morgan fingerprint density at radius 3 is 2.07 bits per heavy atom. The molecular weight excluding hydrogens is 344 g/mol. The number of carbonyl (C=O) groups is 1. The van der Waals surface area contributed by atoms with Gasteiger partial charge in [-0.3, -0.25) is 0 Å². The molecule has 0 radical (unpaired) electrons. The molecule has 1 aliphatic carbocycles. The molecule has 2 N–H and O–H groups in total. The summed E-state index contributed by atoms with van der Waals surface area (Å²) in [5.41, 5.74) is 4.71. The second-order valence-corrected chi connectivity index (χ2v) is 8.63. The van der Waals surface area contributed by atoms with Crippen molar-refractivity contribution in [1.82, 2.24) is 5.32 Å². The van der Waals surface area contributed by atoms with Gasteiger partial charge in [-0.15, -0.1) is 0 Å². The monoisotopic (exact) mass is 378 g/mol. The van der Waals surface area contributed by atoms with Crippen LogP contribution in [-0.2, 0) is 0 Å². The van der Waals surface area contributed by atoms with Gasteiger partial charge in [0.1, 0.15) is 0 Å². The predicted molar refractivity (Wildman–Crippen MR) is 118 cm³/mol. The van der Waals surface area contributed by atoms with Gasteiger partial charge >= 0.3 is 6.03 Å². The number of carbonyl (C=O) groups excluding carboxylic acids is 1. The predicted octanol–water partition coefficient (Wildman–Crippen LogP) is 6.78. The second-order valence-electron chi connectivity index (χ2n) is 8.63. The fourth-order valence-corrected chi connectivity index (χ4v) is 4.42. The highest BCUT2D eigenvalue weighted by molar-refractivity contribution is 5.91. The molecule has 3 rings (SSSR count). The van der Waals surface area contributed by atoms with Crippen molar-refractivity contribution in [2.24, 2.45) is 0 Å². The van der Waals surface area contributed by atoms with E-state index in [1.165, 1.54) is 29.5 Å². The van der Waals surface area contributed by atoms with Crippen LogP contribution in [0.15, 0.2) is 48.5 Å². The van der Waals surface area contributed by atoms with Gasteiger partial charge in [0, 0.05) is 17.6 Å². The van der Waals surface area contributed by atoms with Crippen LogP contribution in [0, 0.1) is 0 Å². The van der Waals surface area contributed by atoms with Crippen LogP contribution < -0.4 is 10.6 Å². The molecule has 150 valence electrons. The van der Waals surface area contributed by atoms with Crippen molar-refractivity contribution >= 4 is 11.7 Å². The van der Waals surface area contributed by atoms with Gasteiger partial charge in [0.2, 0.25) is 0 Å². The number of para-hydroxylation sites is 1. The van der Waals surface area contributed by atoms with E-state index in [1.54, 1.807) is 0 Å². The van der Waals surface area contributed by atoms with Crippen LogP contribution in [0.3, 0.4) is 0 Å². The van der Waals surface area contributed by atoms with E-state index in [-0.39, 0.29) is 12.1 Å². The van der Waals surface area contributed by atoms with Crippen LogP contribution >= 0.6 is 0 Å². The normalized spacial score (nSPS) is 19.6. The first-order valence-electron chi connectivity index (χ1n) is 10.7. The number of benzene rings is 2. The van der Waals surface area contributed by atoms with Gasteiger partial charge in [-0.2, -0.15) is 0 Å². The van der Waals surface area contributed by atoms with Crippen molar-refractivity contribution in [2.45, 2.75) is 77.2 Å². The molecule has 28 heavy (non-hydrogen) atoms. The molecule has 0 heterocycles. The molecule has 2 aromatic carbocycles. The molecular formula is C25H34N2O. The third-order valence-electron chi connectivity index (χ3n) is 5.92. The molecule has 0 bridgehead atoms. The Morgan fingerprint density at radius 1 is 0.857 bits per heavy atom. The lowest BCUT2D eigenvalue weighted by Crippen LogP contribution is -2.43. The molecule has 3 heteroatoms. The van der Waals surface area contributed by atoms with Gasteiger partial charge in [0.15, 0.2) is 0 Å². The van der Waals surface area contributed by atoms with Crippen molar-refractivity contribution in [3.05, 3.63) is 65.2 Å². The maximum Gasteiger partial charge on any atom is 0.319 e. The number of anilines is 1. The summed E-state index contributed by atoms with van der Waals surface area (Å²) in [6.45, 7) is 8.70. The summed E-state index contributed by atoms with van der Waals surface area (Å²) in [6.07, 6.45) is 4.58. The minimum absolute atomic E-state index is 0.0807. The zero-order valence-corrected chi connectivity index (χ0v) is 17.7. The number of rotatable bonds is 5. The number of amides is 2. The Balaban J connectivity index is 1.78. The Kier molecular flexibility index (Phi) is 6.77. The third kappa shape index (κ3) is 4.76. The summed E-state index contributed by atoms with van der Waals surface area (Å²) in [5, 5.41) is 6.51. The van der Waals surface area contributed by atoms with Crippen LogP contribution in [0.2, 0.25) is 0 Å². The minimum atomic E-state index is -0.0807. The topological polar surface area (TPSA) is 41.1 Å². The quantitative estimate of drug-likeness (QED) is 0.591. The van der Waals surface area contributed by atoms with E-state index in [0.717, 1.165) is 18.5 Å². The Morgan fingerprint density at radius 2 is 1.46 bits per heavy atom. The highest BCUT2D eigenvalue weighted by Gasteiger charge is 2.28. The molecule has 0 aliphatic heterocycles. The first-order chi connectivity index (χ1) is 13.5. The molecule has 0 aromatic heterocycles. The molecule has 2 aromatic rings. The summed E-state index contributed by atoms with van der Waals surface area (Å²) in [7, 11) is 0. The summed E-state index contributed by atoms with van der Waals surface area (Å²) < 4.78 is 0. The first-order valence-corrected chi connectivity index (χ1v) is 10.7. The molecule has 1 saturated carbocycles. The van der Waals surface area contributed by atoms with Gasteiger partial charge in [-0.05, 0) is 41.4 Å². The average Bonchev–Trinajstić information content (AvgIpc) is 2.68. The lowest BCUT2D eigenvalue weighted by atomic mass is 9.80. The number of hydrogen-bond donors (Lipinski definition) is 2. The Hall–Kier alpha value is -2.29. The van der Waals surface area contributed by atoms with Gasteiger partial charge in [-0.25, -0.2) is 4.79 Å². The fraction of sp³-hybridized carbons (Fsp3) is 0.480. The second kappa shape index (κ2) is 9.27. The van der Waals surface area contributed by atoms with E-state index in [2.05, 4.69) is 86.9 Å². The molecule has 2 amide bonds. The summed E-state index contributed by atoms with van der Waals surface area (Å²) >= 11 is 0. The van der Waals surface area contributed by atoms with Crippen molar-refractivity contribution in [3.63, 3.8) is 0 Å². The van der Waals surface area contributed by atoms with E-state index in [0.29, 0.717) is 17.8 Å². The number of urea groups is 1. The third-order valence-corrected chi connectivity index (χ3v) is 5.92.